The molecule has 1 saturated carbocycles. The number of ether oxygens (including phenoxy) is 1. The Morgan fingerprint density at radius 2 is 2.24 bits per heavy atom. The Hall–Kier alpha value is -1.57. The average molecular weight is 229 g/mol. The molecular weight excluding hydrogens is 214 g/mol. The number of rotatable bonds is 2. The van der Waals surface area contributed by atoms with Crippen LogP contribution in [0.25, 0.3) is 0 Å². The van der Waals surface area contributed by atoms with Gasteiger partial charge in [0.2, 0.25) is 0 Å². The van der Waals surface area contributed by atoms with Crippen LogP contribution in [0.3, 0.4) is 0 Å². The summed E-state index contributed by atoms with van der Waals surface area (Å²) in [6.45, 7) is 0.807. The van der Waals surface area contributed by atoms with Gasteiger partial charge in [-0.3, -0.25) is 0 Å². The molecule has 4 nitrogen and oxygen atoms in total. The molecule has 0 amide bonds. The minimum atomic E-state index is 0.134. The number of nitrogens with one attached hydrogen (secondary N) is 1. The lowest BCUT2D eigenvalue weighted by molar-refractivity contribution is 0.00537. The SMILES string of the molecule is N#Cc1ccccc1NC1C(N)C2CCOC21. The van der Waals surface area contributed by atoms with Crippen molar-refractivity contribution in [2.24, 2.45) is 11.7 Å². The normalized spacial score (nSPS) is 34.6. The Morgan fingerprint density at radius 3 is 3.06 bits per heavy atom. The monoisotopic (exact) mass is 229 g/mol. The average Bonchev–Trinajstić information content (AvgIpc) is 2.81. The smallest absolute Gasteiger partial charge is 0.101 e. The first-order chi connectivity index (χ1) is 8.31. The third-order valence-electron chi connectivity index (χ3n) is 3.82. The van der Waals surface area contributed by atoms with Gasteiger partial charge < -0.3 is 15.8 Å². The van der Waals surface area contributed by atoms with E-state index < -0.39 is 0 Å². The van der Waals surface area contributed by atoms with Crippen LogP contribution >= 0.6 is 0 Å². The van der Waals surface area contributed by atoms with Crippen LogP contribution in [0.4, 0.5) is 5.69 Å². The fraction of sp³-hybridized carbons (Fsp3) is 0.462. The van der Waals surface area contributed by atoms with E-state index >= 15 is 0 Å². The van der Waals surface area contributed by atoms with E-state index in [2.05, 4.69) is 11.4 Å². The zero-order valence-electron chi connectivity index (χ0n) is 9.47. The maximum atomic E-state index is 9.02. The fourth-order valence-corrected chi connectivity index (χ4v) is 2.81. The van der Waals surface area contributed by atoms with Gasteiger partial charge in [0.05, 0.1) is 23.4 Å². The predicted octanol–water partition coefficient (Wildman–Crippen LogP) is 1.08. The number of benzene rings is 1. The second-order valence-corrected chi connectivity index (χ2v) is 4.69. The number of nitriles is 1. The van der Waals surface area contributed by atoms with E-state index in [1.807, 2.05) is 18.2 Å². The van der Waals surface area contributed by atoms with E-state index in [1.165, 1.54) is 0 Å². The van der Waals surface area contributed by atoms with E-state index in [0.717, 1.165) is 18.7 Å². The third kappa shape index (κ3) is 1.59. The molecule has 4 atom stereocenters. The van der Waals surface area contributed by atoms with Crippen LogP contribution in [-0.2, 0) is 4.74 Å². The van der Waals surface area contributed by atoms with Crippen molar-refractivity contribution in [3.63, 3.8) is 0 Å². The molecule has 2 fully saturated rings. The Balaban J connectivity index is 1.77. The van der Waals surface area contributed by atoms with Gasteiger partial charge in [-0.1, -0.05) is 12.1 Å². The molecule has 1 saturated heterocycles. The molecule has 3 N–H and O–H groups in total. The number of nitrogens with zero attached hydrogens (tertiary/aromatic N) is 1. The molecule has 4 unspecified atom stereocenters. The summed E-state index contributed by atoms with van der Waals surface area (Å²) in [6, 6.07) is 9.94. The molecule has 1 aromatic carbocycles. The summed E-state index contributed by atoms with van der Waals surface area (Å²) in [4.78, 5) is 0. The standard InChI is InChI=1S/C13H15N3O/c14-7-8-3-1-2-4-10(8)16-12-11(15)9-5-6-17-13(9)12/h1-4,9,11-13,16H,5-6,15H2. The summed E-state index contributed by atoms with van der Waals surface area (Å²) < 4.78 is 5.66. The van der Waals surface area contributed by atoms with Crippen molar-refractivity contribution in [2.75, 3.05) is 11.9 Å². The molecule has 1 heterocycles. The third-order valence-corrected chi connectivity index (χ3v) is 3.82. The zero-order chi connectivity index (χ0) is 11.8. The van der Waals surface area contributed by atoms with Gasteiger partial charge in [0.1, 0.15) is 6.07 Å². The number of hydrogen-bond donors (Lipinski definition) is 2. The fourth-order valence-electron chi connectivity index (χ4n) is 2.81. The van der Waals surface area contributed by atoms with Crippen LogP contribution in [-0.4, -0.2) is 24.8 Å². The molecule has 0 aromatic heterocycles. The highest BCUT2D eigenvalue weighted by Crippen LogP contribution is 2.39. The molecule has 1 aliphatic carbocycles. The second-order valence-electron chi connectivity index (χ2n) is 4.69. The van der Waals surface area contributed by atoms with Crippen LogP contribution in [0, 0.1) is 17.2 Å². The first-order valence-electron chi connectivity index (χ1n) is 5.94. The minimum Gasteiger partial charge on any atom is -0.377 e. The van der Waals surface area contributed by atoms with Gasteiger partial charge in [-0.15, -0.1) is 0 Å². The van der Waals surface area contributed by atoms with Crippen LogP contribution in [0.2, 0.25) is 0 Å². The predicted molar refractivity (Wildman–Crippen MR) is 64.4 cm³/mol. The molecule has 0 spiro atoms. The Morgan fingerprint density at radius 1 is 1.41 bits per heavy atom. The van der Waals surface area contributed by atoms with Crippen LogP contribution in [0.1, 0.15) is 12.0 Å². The molecule has 1 aromatic rings. The molecule has 17 heavy (non-hydrogen) atoms. The lowest BCUT2D eigenvalue weighted by atomic mass is 9.72. The van der Waals surface area contributed by atoms with Crippen LogP contribution in [0.5, 0.6) is 0 Å². The molecule has 2 aliphatic rings. The molecule has 3 rings (SSSR count). The van der Waals surface area contributed by atoms with Gasteiger partial charge >= 0.3 is 0 Å². The zero-order valence-corrected chi connectivity index (χ0v) is 9.47. The van der Waals surface area contributed by atoms with E-state index in [1.54, 1.807) is 6.07 Å². The first-order valence-corrected chi connectivity index (χ1v) is 5.94. The molecule has 1 aliphatic heterocycles. The van der Waals surface area contributed by atoms with Crippen molar-refractivity contribution < 1.29 is 4.74 Å². The van der Waals surface area contributed by atoms with Crippen molar-refractivity contribution >= 4 is 5.69 Å². The minimum absolute atomic E-state index is 0.134. The Labute approximate surface area is 100 Å². The van der Waals surface area contributed by atoms with Gasteiger partial charge in [-0.25, -0.2) is 0 Å². The van der Waals surface area contributed by atoms with Crippen molar-refractivity contribution in [3.8, 4) is 6.07 Å². The van der Waals surface area contributed by atoms with E-state index in [9.17, 15) is 0 Å². The van der Waals surface area contributed by atoms with Gasteiger partial charge in [0, 0.05) is 18.6 Å². The van der Waals surface area contributed by atoms with E-state index in [-0.39, 0.29) is 18.2 Å². The highest BCUT2D eigenvalue weighted by Gasteiger charge is 2.52. The molecule has 88 valence electrons. The summed E-state index contributed by atoms with van der Waals surface area (Å²) >= 11 is 0. The topological polar surface area (TPSA) is 71.1 Å². The maximum absolute atomic E-state index is 9.02. The maximum Gasteiger partial charge on any atom is 0.101 e. The molecule has 0 radical (unpaired) electrons. The number of para-hydroxylation sites is 1. The van der Waals surface area contributed by atoms with E-state index in [0.29, 0.717) is 11.5 Å². The number of anilines is 1. The van der Waals surface area contributed by atoms with Crippen molar-refractivity contribution in [1.29, 1.82) is 5.26 Å². The van der Waals surface area contributed by atoms with Crippen molar-refractivity contribution in [1.82, 2.24) is 0 Å². The van der Waals surface area contributed by atoms with Gasteiger partial charge in [0.25, 0.3) is 0 Å². The summed E-state index contributed by atoms with van der Waals surface area (Å²) in [5, 5.41) is 12.4. The largest absolute Gasteiger partial charge is 0.377 e. The highest BCUT2D eigenvalue weighted by molar-refractivity contribution is 5.58. The number of fused-ring (bicyclic) bond motifs is 1. The lowest BCUT2D eigenvalue weighted by Crippen LogP contribution is -2.65. The summed E-state index contributed by atoms with van der Waals surface area (Å²) in [6.07, 6.45) is 1.28. The highest BCUT2D eigenvalue weighted by atomic mass is 16.5. The summed E-state index contributed by atoms with van der Waals surface area (Å²) in [5.74, 6) is 0.488. The number of hydrogen-bond acceptors (Lipinski definition) is 4. The van der Waals surface area contributed by atoms with Gasteiger partial charge in [-0.05, 0) is 18.6 Å². The van der Waals surface area contributed by atoms with Gasteiger partial charge in [-0.2, -0.15) is 5.26 Å². The van der Waals surface area contributed by atoms with Crippen molar-refractivity contribution in [3.05, 3.63) is 29.8 Å². The van der Waals surface area contributed by atoms with Crippen LogP contribution < -0.4 is 11.1 Å². The Kier molecular flexibility index (Phi) is 2.50. The van der Waals surface area contributed by atoms with Crippen LogP contribution in [0.15, 0.2) is 24.3 Å². The molecule has 4 heteroatoms. The summed E-state index contributed by atoms with van der Waals surface area (Å²) in [5.41, 5.74) is 7.63. The van der Waals surface area contributed by atoms with Gasteiger partial charge in [0.15, 0.2) is 0 Å². The quantitative estimate of drug-likeness (QED) is 0.796. The molecular formula is C13H15N3O. The number of nitrogens with two attached hydrogens (primary N) is 1. The van der Waals surface area contributed by atoms with E-state index in [4.69, 9.17) is 15.7 Å². The first kappa shape index (κ1) is 10.6. The lowest BCUT2D eigenvalue weighted by Gasteiger charge is -2.46. The summed E-state index contributed by atoms with van der Waals surface area (Å²) in [7, 11) is 0. The second kappa shape index (κ2) is 4.02. The van der Waals surface area contributed by atoms with Crippen molar-refractivity contribution in [2.45, 2.75) is 24.6 Å². The molecule has 0 bridgehead atoms. The Bertz CT molecular complexity index is 468.